The highest BCUT2D eigenvalue weighted by Gasteiger charge is 2.32. The van der Waals surface area contributed by atoms with Gasteiger partial charge in [0.2, 0.25) is 0 Å². The molecular weight excluding hydrogens is 152 g/mol. The average Bonchev–Trinajstić information content (AvgIpc) is 1.96. The number of hydrogen-bond donors (Lipinski definition) is 2. The average molecular weight is 170 g/mol. The molecule has 0 radical (unpaired) electrons. The van der Waals surface area contributed by atoms with Crippen molar-refractivity contribution < 1.29 is 10.2 Å². The van der Waals surface area contributed by atoms with Gasteiger partial charge in [-0.3, -0.25) is 0 Å². The molecule has 0 bridgehead atoms. The van der Waals surface area contributed by atoms with Crippen LogP contribution in [0.5, 0.6) is 0 Å². The van der Waals surface area contributed by atoms with E-state index in [-0.39, 0.29) is 24.0 Å². The Labute approximate surface area is 73.9 Å². The lowest BCUT2D eigenvalue weighted by molar-refractivity contribution is -0.0147. The molecule has 4 atom stereocenters. The molecule has 70 valence electrons. The third-order valence-corrected chi connectivity index (χ3v) is 2.86. The van der Waals surface area contributed by atoms with Crippen LogP contribution in [0.1, 0.15) is 26.7 Å². The quantitative estimate of drug-likeness (QED) is 0.583. The molecule has 2 heteroatoms. The topological polar surface area (TPSA) is 40.5 Å². The summed E-state index contributed by atoms with van der Waals surface area (Å²) in [6.45, 7) is 7.71. The Morgan fingerprint density at radius 1 is 1.25 bits per heavy atom. The fourth-order valence-electron chi connectivity index (χ4n) is 1.88. The first kappa shape index (κ1) is 9.75. The Hall–Kier alpha value is -0.340. The standard InChI is InChI=1S/C10H18O2/c1-6(2)8-5-9(11)7(3)4-10(8)12/h7-12H,1,4-5H2,2-3H3/t7-,8-,9+,10-/m1/s1. The largest absolute Gasteiger partial charge is 0.393 e. The second-order valence-electron chi connectivity index (χ2n) is 4.04. The van der Waals surface area contributed by atoms with E-state index in [1.165, 1.54) is 0 Å². The molecule has 0 aliphatic heterocycles. The van der Waals surface area contributed by atoms with Gasteiger partial charge in [-0.05, 0) is 25.7 Å². The summed E-state index contributed by atoms with van der Waals surface area (Å²) in [5.41, 5.74) is 0.980. The lowest BCUT2D eigenvalue weighted by Gasteiger charge is -2.35. The Balaban J connectivity index is 2.61. The molecule has 1 aliphatic rings. The van der Waals surface area contributed by atoms with Gasteiger partial charge in [0, 0.05) is 5.92 Å². The third-order valence-electron chi connectivity index (χ3n) is 2.86. The van der Waals surface area contributed by atoms with Gasteiger partial charge in [-0.1, -0.05) is 19.1 Å². The van der Waals surface area contributed by atoms with Crippen LogP contribution < -0.4 is 0 Å². The normalized spacial score (nSPS) is 42.7. The van der Waals surface area contributed by atoms with Crippen LogP contribution in [0.25, 0.3) is 0 Å². The third kappa shape index (κ3) is 1.87. The maximum atomic E-state index is 9.66. The summed E-state index contributed by atoms with van der Waals surface area (Å²) in [5, 5.41) is 19.2. The van der Waals surface area contributed by atoms with Gasteiger partial charge >= 0.3 is 0 Å². The van der Waals surface area contributed by atoms with Crippen LogP contribution in [0.15, 0.2) is 12.2 Å². The Morgan fingerprint density at radius 2 is 1.83 bits per heavy atom. The maximum Gasteiger partial charge on any atom is 0.0609 e. The fourth-order valence-corrected chi connectivity index (χ4v) is 1.88. The van der Waals surface area contributed by atoms with Crippen molar-refractivity contribution >= 4 is 0 Å². The first-order valence-corrected chi connectivity index (χ1v) is 4.54. The van der Waals surface area contributed by atoms with Gasteiger partial charge in [-0.15, -0.1) is 0 Å². The fraction of sp³-hybridized carbons (Fsp3) is 0.800. The van der Waals surface area contributed by atoms with Crippen molar-refractivity contribution in [1.29, 1.82) is 0 Å². The molecule has 1 aliphatic carbocycles. The molecule has 0 spiro atoms. The van der Waals surface area contributed by atoms with Gasteiger partial charge in [-0.2, -0.15) is 0 Å². The minimum absolute atomic E-state index is 0.0937. The zero-order valence-electron chi connectivity index (χ0n) is 7.83. The Bertz CT molecular complexity index is 177. The second-order valence-corrected chi connectivity index (χ2v) is 4.04. The smallest absolute Gasteiger partial charge is 0.0609 e. The molecule has 2 nitrogen and oxygen atoms in total. The van der Waals surface area contributed by atoms with Crippen LogP contribution >= 0.6 is 0 Å². The molecule has 0 amide bonds. The zero-order valence-corrected chi connectivity index (χ0v) is 7.83. The second kappa shape index (κ2) is 3.58. The molecule has 0 heterocycles. The highest BCUT2D eigenvalue weighted by Crippen LogP contribution is 2.32. The predicted molar refractivity (Wildman–Crippen MR) is 48.7 cm³/mol. The Kier molecular flexibility index (Phi) is 2.91. The van der Waals surface area contributed by atoms with Gasteiger partial charge in [0.25, 0.3) is 0 Å². The molecule has 0 aromatic heterocycles. The molecule has 1 fully saturated rings. The summed E-state index contributed by atoms with van der Waals surface area (Å²) < 4.78 is 0. The molecule has 0 unspecified atom stereocenters. The van der Waals surface area contributed by atoms with Crippen molar-refractivity contribution in [2.75, 3.05) is 0 Å². The predicted octanol–water partition coefficient (Wildman–Crippen LogP) is 1.33. The van der Waals surface area contributed by atoms with Crippen LogP contribution in [0.4, 0.5) is 0 Å². The molecular formula is C10H18O2. The summed E-state index contributed by atoms with van der Waals surface area (Å²) in [5.74, 6) is 0.312. The highest BCUT2D eigenvalue weighted by molar-refractivity contribution is 5.03. The van der Waals surface area contributed by atoms with Crippen LogP contribution in [0, 0.1) is 11.8 Å². The minimum atomic E-state index is -0.305. The van der Waals surface area contributed by atoms with E-state index in [0.29, 0.717) is 12.8 Å². The van der Waals surface area contributed by atoms with Gasteiger partial charge in [-0.25, -0.2) is 0 Å². The van der Waals surface area contributed by atoms with Gasteiger partial charge in [0.1, 0.15) is 0 Å². The van der Waals surface area contributed by atoms with Crippen LogP contribution in [0.2, 0.25) is 0 Å². The monoisotopic (exact) mass is 170 g/mol. The van der Waals surface area contributed by atoms with E-state index in [9.17, 15) is 10.2 Å². The SMILES string of the molecule is C=C(C)[C@H]1C[C@H](O)[C@H](C)C[C@H]1O. The van der Waals surface area contributed by atoms with Gasteiger partial charge in [0.15, 0.2) is 0 Å². The van der Waals surface area contributed by atoms with Gasteiger partial charge in [0.05, 0.1) is 12.2 Å². The zero-order chi connectivity index (χ0) is 9.30. The van der Waals surface area contributed by atoms with E-state index < -0.39 is 0 Å². The van der Waals surface area contributed by atoms with Crippen LogP contribution in [-0.4, -0.2) is 22.4 Å². The lowest BCUT2D eigenvalue weighted by Crippen LogP contribution is -2.37. The molecule has 0 aromatic rings. The number of aliphatic hydroxyl groups is 2. The molecule has 2 N–H and O–H groups in total. The van der Waals surface area contributed by atoms with Gasteiger partial charge < -0.3 is 10.2 Å². The van der Waals surface area contributed by atoms with E-state index in [1.807, 2.05) is 13.8 Å². The van der Waals surface area contributed by atoms with Crippen molar-refractivity contribution in [3.05, 3.63) is 12.2 Å². The minimum Gasteiger partial charge on any atom is -0.393 e. The molecule has 0 saturated heterocycles. The maximum absolute atomic E-state index is 9.66. The highest BCUT2D eigenvalue weighted by atomic mass is 16.3. The molecule has 0 aromatic carbocycles. The number of rotatable bonds is 1. The first-order chi connectivity index (χ1) is 5.52. The lowest BCUT2D eigenvalue weighted by atomic mass is 9.76. The van der Waals surface area contributed by atoms with Crippen molar-refractivity contribution in [3.8, 4) is 0 Å². The van der Waals surface area contributed by atoms with E-state index in [0.717, 1.165) is 5.57 Å². The van der Waals surface area contributed by atoms with E-state index in [4.69, 9.17) is 0 Å². The summed E-state index contributed by atoms with van der Waals surface area (Å²) >= 11 is 0. The van der Waals surface area contributed by atoms with Crippen LogP contribution in [0.3, 0.4) is 0 Å². The summed E-state index contributed by atoms with van der Waals surface area (Å²) in [6, 6.07) is 0. The molecule has 12 heavy (non-hydrogen) atoms. The summed E-state index contributed by atoms with van der Waals surface area (Å²) in [6.07, 6.45) is 0.784. The van der Waals surface area contributed by atoms with E-state index in [2.05, 4.69) is 6.58 Å². The van der Waals surface area contributed by atoms with Crippen molar-refractivity contribution in [2.45, 2.75) is 38.9 Å². The van der Waals surface area contributed by atoms with Crippen LogP contribution in [-0.2, 0) is 0 Å². The number of hydrogen-bond acceptors (Lipinski definition) is 2. The van der Waals surface area contributed by atoms with Crippen molar-refractivity contribution in [2.24, 2.45) is 11.8 Å². The van der Waals surface area contributed by atoms with Crippen molar-refractivity contribution in [3.63, 3.8) is 0 Å². The van der Waals surface area contributed by atoms with E-state index >= 15 is 0 Å². The molecule has 1 rings (SSSR count). The first-order valence-electron chi connectivity index (χ1n) is 4.54. The summed E-state index contributed by atoms with van der Waals surface area (Å²) in [7, 11) is 0. The Morgan fingerprint density at radius 3 is 2.33 bits per heavy atom. The van der Waals surface area contributed by atoms with Crippen molar-refractivity contribution in [1.82, 2.24) is 0 Å². The van der Waals surface area contributed by atoms with E-state index in [1.54, 1.807) is 0 Å². The summed E-state index contributed by atoms with van der Waals surface area (Å²) in [4.78, 5) is 0. The number of aliphatic hydroxyl groups excluding tert-OH is 2. The molecule has 1 saturated carbocycles.